The van der Waals surface area contributed by atoms with Gasteiger partial charge in [-0.15, -0.1) is 0 Å². The number of nitrogens with zero attached hydrogens (tertiary/aromatic N) is 4. The SMILES string of the molecule is Cc1ncc(-c2ccncc2)c(C2CCN(C(=O)C[C@@H]3OC(=O)c4ccccc43)CC2)n1. The first kappa shape index (κ1) is 20.3. The number of amides is 1. The number of rotatable bonds is 4. The lowest BCUT2D eigenvalue weighted by molar-refractivity contribution is -0.134. The third-order valence-corrected chi connectivity index (χ3v) is 6.30. The van der Waals surface area contributed by atoms with Crippen molar-refractivity contribution in [3.63, 3.8) is 0 Å². The number of aryl methyl sites for hydroxylation is 1. The van der Waals surface area contributed by atoms with Crippen LogP contribution in [0.15, 0.2) is 55.0 Å². The van der Waals surface area contributed by atoms with Crippen molar-refractivity contribution in [3.05, 3.63) is 77.6 Å². The number of carbonyl (C=O) groups is 2. The van der Waals surface area contributed by atoms with E-state index < -0.39 is 6.10 Å². The summed E-state index contributed by atoms with van der Waals surface area (Å²) in [5, 5.41) is 0. The number of fused-ring (bicyclic) bond motifs is 1. The third-order valence-electron chi connectivity index (χ3n) is 6.30. The molecule has 162 valence electrons. The first-order valence-corrected chi connectivity index (χ1v) is 10.9. The molecule has 0 spiro atoms. The minimum atomic E-state index is -0.494. The van der Waals surface area contributed by atoms with E-state index in [0.717, 1.165) is 41.1 Å². The Balaban J connectivity index is 1.27. The van der Waals surface area contributed by atoms with Crippen molar-refractivity contribution >= 4 is 11.9 Å². The molecule has 1 saturated heterocycles. The maximum Gasteiger partial charge on any atom is 0.339 e. The number of benzene rings is 1. The van der Waals surface area contributed by atoms with Crippen LogP contribution in [0.5, 0.6) is 0 Å². The Morgan fingerprint density at radius 2 is 1.84 bits per heavy atom. The Morgan fingerprint density at radius 3 is 2.62 bits per heavy atom. The molecule has 2 aliphatic heterocycles. The molecule has 0 aliphatic carbocycles. The molecule has 3 aromatic rings. The molecule has 0 saturated carbocycles. The summed E-state index contributed by atoms with van der Waals surface area (Å²) < 4.78 is 5.45. The number of hydrogen-bond donors (Lipinski definition) is 0. The summed E-state index contributed by atoms with van der Waals surface area (Å²) in [5.41, 5.74) is 4.48. The van der Waals surface area contributed by atoms with Gasteiger partial charge in [0.1, 0.15) is 11.9 Å². The smallest absolute Gasteiger partial charge is 0.339 e. The van der Waals surface area contributed by atoms with Crippen molar-refractivity contribution < 1.29 is 14.3 Å². The molecule has 0 bridgehead atoms. The summed E-state index contributed by atoms with van der Waals surface area (Å²) in [7, 11) is 0. The number of piperidine rings is 1. The summed E-state index contributed by atoms with van der Waals surface area (Å²) in [5.74, 6) is 0.679. The zero-order chi connectivity index (χ0) is 22.1. The van der Waals surface area contributed by atoms with E-state index in [4.69, 9.17) is 9.72 Å². The number of aromatic nitrogens is 3. The molecule has 0 N–H and O–H groups in total. The van der Waals surface area contributed by atoms with Crippen LogP contribution in [-0.4, -0.2) is 44.8 Å². The second kappa shape index (κ2) is 8.49. The highest BCUT2D eigenvalue weighted by molar-refractivity contribution is 5.94. The minimum absolute atomic E-state index is 0.0196. The monoisotopic (exact) mass is 428 g/mol. The molecule has 5 rings (SSSR count). The fraction of sp³-hybridized carbons (Fsp3) is 0.320. The highest BCUT2D eigenvalue weighted by Gasteiger charge is 2.34. The number of carbonyl (C=O) groups excluding carboxylic acids is 2. The van der Waals surface area contributed by atoms with E-state index in [2.05, 4.69) is 9.97 Å². The molecule has 2 aliphatic rings. The van der Waals surface area contributed by atoms with Gasteiger partial charge in [-0.3, -0.25) is 9.78 Å². The summed E-state index contributed by atoms with van der Waals surface area (Å²) in [6.45, 7) is 3.22. The maximum atomic E-state index is 13.0. The van der Waals surface area contributed by atoms with Gasteiger partial charge in [0.2, 0.25) is 5.91 Å². The van der Waals surface area contributed by atoms with Crippen molar-refractivity contribution in [2.75, 3.05) is 13.1 Å². The van der Waals surface area contributed by atoms with Gasteiger partial charge in [-0.2, -0.15) is 0 Å². The Morgan fingerprint density at radius 1 is 1.09 bits per heavy atom. The molecule has 1 amide bonds. The van der Waals surface area contributed by atoms with Gasteiger partial charge in [0.25, 0.3) is 0 Å². The van der Waals surface area contributed by atoms with Crippen LogP contribution in [0.25, 0.3) is 11.1 Å². The average molecular weight is 428 g/mol. The van der Waals surface area contributed by atoms with Crippen LogP contribution in [0.1, 0.15) is 58.7 Å². The normalized spacial score (nSPS) is 18.3. The van der Waals surface area contributed by atoms with Crippen LogP contribution in [0, 0.1) is 6.92 Å². The molecule has 0 radical (unpaired) electrons. The van der Waals surface area contributed by atoms with Gasteiger partial charge in [0.15, 0.2) is 0 Å². The first-order chi connectivity index (χ1) is 15.6. The molecular formula is C25H24N4O3. The van der Waals surface area contributed by atoms with E-state index >= 15 is 0 Å². The van der Waals surface area contributed by atoms with Gasteiger partial charge in [0, 0.05) is 48.7 Å². The molecule has 2 aromatic heterocycles. The van der Waals surface area contributed by atoms with Gasteiger partial charge >= 0.3 is 5.97 Å². The largest absolute Gasteiger partial charge is 0.453 e. The van der Waals surface area contributed by atoms with Crippen molar-refractivity contribution in [3.8, 4) is 11.1 Å². The Hall–Kier alpha value is -3.61. The second-order valence-corrected chi connectivity index (χ2v) is 8.29. The van der Waals surface area contributed by atoms with E-state index in [1.807, 2.05) is 48.4 Å². The highest BCUT2D eigenvalue weighted by atomic mass is 16.5. The number of likely N-dealkylation sites (tertiary alicyclic amines) is 1. The number of hydrogen-bond acceptors (Lipinski definition) is 6. The molecule has 4 heterocycles. The number of esters is 1. The molecule has 1 atom stereocenters. The van der Waals surface area contributed by atoms with Crippen LogP contribution >= 0.6 is 0 Å². The molecule has 7 nitrogen and oxygen atoms in total. The molecule has 32 heavy (non-hydrogen) atoms. The van der Waals surface area contributed by atoms with Crippen molar-refractivity contribution in [2.45, 2.75) is 38.2 Å². The summed E-state index contributed by atoms with van der Waals surface area (Å²) in [6, 6.07) is 11.2. The van der Waals surface area contributed by atoms with Crippen LogP contribution < -0.4 is 0 Å². The minimum Gasteiger partial charge on any atom is -0.453 e. The third kappa shape index (κ3) is 3.86. The summed E-state index contributed by atoms with van der Waals surface area (Å²) in [4.78, 5) is 40.2. The molecular weight excluding hydrogens is 404 g/mol. The van der Waals surface area contributed by atoms with Gasteiger partial charge in [-0.1, -0.05) is 18.2 Å². The predicted octanol–water partition coefficient (Wildman–Crippen LogP) is 3.85. The standard InChI is InChI=1S/C25H24N4O3/c1-16-27-15-21(17-6-10-26-11-7-17)24(28-16)18-8-12-29(13-9-18)23(30)14-22-19-4-2-3-5-20(19)25(31)32-22/h2-7,10-11,15,18,22H,8-9,12-14H2,1H3/t22-/m0/s1. The Bertz CT molecular complexity index is 1160. The molecule has 1 fully saturated rings. The fourth-order valence-electron chi connectivity index (χ4n) is 4.61. The van der Waals surface area contributed by atoms with Crippen molar-refractivity contribution in [2.24, 2.45) is 0 Å². The lowest BCUT2D eigenvalue weighted by Crippen LogP contribution is -2.38. The highest BCUT2D eigenvalue weighted by Crippen LogP contribution is 2.36. The van der Waals surface area contributed by atoms with Crippen LogP contribution in [0.4, 0.5) is 0 Å². The van der Waals surface area contributed by atoms with E-state index in [1.165, 1.54) is 0 Å². The maximum absolute atomic E-state index is 13.0. The van der Waals surface area contributed by atoms with E-state index in [1.54, 1.807) is 18.5 Å². The molecule has 1 aromatic carbocycles. The van der Waals surface area contributed by atoms with E-state index in [0.29, 0.717) is 18.7 Å². The Labute approximate surface area is 186 Å². The number of pyridine rings is 1. The predicted molar refractivity (Wildman–Crippen MR) is 118 cm³/mol. The zero-order valence-corrected chi connectivity index (χ0v) is 17.9. The van der Waals surface area contributed by atoms with Crippen molar-refractivity contribution in [1.82, 2.24) is 19.9 Å². The van der Waals surface area contributed by atoms with Crippen molar-refractivity contribution in [1.29, 1.82) is 0 Å². The topological polar surface area (TPSA) is 85.3 Å². The van der Waals surface area contributed by atoms with Gasteiger partial charge in [-0.05, 0) is 43.5 Å². The van der Waals surface area contributed by atoms with Crippen LogP contribution in [0.2, 0.25) is 0 Å². The van der Waals surface area contributed by atoms with Gasteiger partial charge < -0.3 is 9.64 Å². The summed E-state index contributed by atoms with van der Waals surface area (Å²) >= 11 is 0. The average Bonchev–Trinajstić information content (AvgIpc) is 3.15. The van der Waals surface area contributed by atoms with Crippen LogP contribution in [-0.2, 0) is 9.53 Å². The van der Waals surface area contributed by atoms with Crippen LogP contribution in [0.3, 0.4) is 0 Å². The molecule has 7 heteroatoms. The quantitative estimate of drug-likeness (QED) is 0.587. The lowest BCUT2D eigenvalue weighted by atomic mass is 9.89. The fourth-order valence-corrected chi connectivity index (χ4v) is 4.61. The van der Waals surface area contributed by atoms with Gasteiger partial charge in [0.05, 0.1) is 17.7 Å². The summed E-state index contributed by atoms with van der Waals surface area (Å²) in [6.07, 6.45) is 6.79. The second-order valence-electron chi connectivity index (χ2n) is 8.29. The Kier molecular flexibility index (Phi) is 5.39. The molecule has 0 unspecified atom stereocenters. The number of cyclic esters (lactones) is 1. The van der Waals surface area contributed by atoms with E-state index in [-0.39, 0.29) is 24.2 Å². The van der Waals surface area contributed by atoms with Gasteiger partial charge in [-0.25, -0.2) is 14.8 Å². The number of ether oxygens (including phenoxy) is 1. The zero-order valence-electron chi connectivity index (χ0n) is 17.9. The first-order valence-electron chi connectivity index (χ1n) is 10.9. The van der Waals surface area contributed by atoms with E-state index in [9.17, 15) is 9.59 Å². The lowest BCUT2D eigenvalue weighted by Gasteiger charge is -2.33.